The molecule has 0 bridgehead atoms. The predicted molar refractivity (Wildman–Crippen MR) is 126 cm³/mol. The lowest BCUT2D eigenvalue weighted by atomic mass is 9.75. The van der Waals surface area contributed by atoms with Crippen LogP contribution in [-0.4, -0.2) is 47.7 Å². The number of ether oxygens (including phenoxy) is 1. The number of benzene rings is 1. The molecule has 0 radical (unpaired) electrons. The van der Waals surface area contributed by atoms with Crippen LogP contribution in [0.25, 0.3) is 0 Å². The van der Waals surface area contributed by atoms with E-state index in [9.17, 15) is 75.0 Å². The number of hydrogen-bond acceptors (Lipinski definition) is 2. The van der Waals surface area contributed by atoms with Gasteiger partial charge in [-0.05, 0) is 56.2 Å². The van der Waals surface area contributed by atoms with Crippen LogP contribution >= 0.6 is 0 Å². The Morgan fingerprint density at radius 1 is 0.689 bits per heavy atom. The van der Waals surface area contributed by atoms with E-state index in [4.69, 9.17) is 4.74 Å². The van der Waals surface area contributed by atoms with Crippen LogP contribution in [0.5, 0.6) is 5.75 Å². The summed E-state index contributed by atoms with van der Waals surface area (Å²) in [7, 11) is 0. The largest absolute Gasteiger partial charge is 0.460 e. The van der Waals surface area contributed by atoms with Crippen LogP contribution in [-0.2, 0) is 11.2 Å². The topological polar surface area (TPSA) is 26.3 Å². The van der Waals surface area contributed by atoms with Crippen LogP contribution in [0.2, 0.25) is 0 Å². The molecule has 0 N–H and O–H groups in total. The number of halogens is 16. The van der Waals surface area contributed by atoms with E-state index in [1.807, 2.05) is 6.92 Å². The van der Waals surface area contributed by atoms with E-state index in [0.29, 0.717) is 12.0 Å². The molecule has 0 unspecified atom stereocenters. The Labute approximate surface area is 246 Å². The van der Waals surface area contributed by atoms with Gasteiger partial charge in [-0.25, -0.2) is 4.39 Å². The van der Waals surface area contributed by atoms with Gasteiger partial charge in [0.15, 0.2) is 11.6 Å². The predicted octanol–water partition coefficient (Wildman–Crippen LogP) is 10.4. The summed E-state index contributed by atoms with van der Waals surface area (Å²) >= 11 is 0. The van der Waals surface area contributed by atoms with E-state index in [2.05, 4.69) is 0 Å². The summed E-state index contributed by atoms with van der Waals surface area (Å²) in [6, 6.07) is 3.61. The molecule has 1 aromatic rings. The summed E-state index contributed by atoms with van der Waals surface area (Å²) < 4.78 is 222. The first-order valence-electron chi connectivity index (χ1n) is 13.6. The Balaban J connectivity index is 2.13. The first-order chi connectivity index (χ1) is 20.3. The van der Waals surface area contributed by atoms with Gasteiger partial charge in [0.25, 0.3) is 0 Å². The van der Waals surface area contributed by atoms with Gasteiger partial charge in [0, 0.05) is 5.92 Å². The van der Waals surface area contributed by atoms with Crippen molar-refractivity contribution in [2.45, 2.75) is 113 Å². The van der Waals surface area contributed by atoms with Gasteiger partial charge in [-0.2, -0.15) is 65.9 Å². The minimum Gasteiger partial charge on any atom is -0.423 e. The molecule has 0 aromatic heterocycles. The molecule has 18 heteroatoms. The van der Waals surface area contributed by atoms with E-state index in [1.54, 1.807) is 0 Å². The van der Waals surface area contributed by atoms with Crippen molar-refractivity contribution >= 4 is 5.97 Å². The quantitative estimate of drug-likeness (QED) is 0.0842. The molecule has 1 aliphatic carbocycles. The third-order valence-electron chi connectivity index (χ3n) is 7.70. The summed E-state index contributed by atoms with van der Waals surface area (Å²) in [4.78, 5) is 12.4. The second-order valence-corrected chi connectivity index (χ2v) is 10.9. The summed E-state index contributed by atoms with van der Waals surface area (Å²) in [5.74, 6) is -54.1. The molecule has 45 heavy (non-hydrogen) atoms. The van der Waals surface area contributed by atoms with Crippen LogP contribution in [0.4, 0.5) is 70.2 Å². The molecule has 1 aliphatic rings. The Bertz CT molecular complexity index is 1150. The fraction of sp³-hybridized carbons (Fsp3) is 0.741. The Morgan fingerprint density at radius 3 is 1.67 bits per heavy atom. The summed E-state index contributed by atoms with van der Waals surface area (Å²) in [5.41, 5.74) is 0.565. The number of unbranched alkanes of at least 4 members (excludes halogenated alkanes) is 4. The Kier molecular flexibility index (Phi) is 11.5. The highest BCUT2D eigenvalue weighted by Crippen LogP contribution is 2.63. The minimum absolute atomic E-state index is 0.505. The van der Waals surface area contributed by atoms with E-state index in [1.165, 1.54) is 6.07 Å². The number of carbonyl (C=O) groups is 1. The Morgan fingerprint density at radius 2 is 1.18 bits per heavy atom. The molecule has 0 heterocycles. The maximum atomic E-state index is 14.6. The molecule has 0 spiro atoms. The zero-order chi connectivity index (χ0) is 34.9. The van der Waals surface area contributed by atoms with Crippen molar-refractivity contribution in [1.82, 2.24) is 0 Å². The minimum atomic E-state index is -8.35. The lowest BCUT2D eigenvalue weighted by Gasteiger charge is -2.44. The maximum Gasteiger partial charge on any atom is 0.460 e. The van der Waals surface area contributed by atoms with Crippen molar-refractivity contribution < 1.29 is 79.8 Å². The molecule has 1 fully saturated rings. The number of esters is 1. The standard InChI is InChI=1S/C27H28F16O2/c1-2-3-4-5-6-7-15-8-13-19(18(28)14-15)45-20(44)16-9-11-17(12-10-16)21(29,30)22(31,32)23(33,34)24(35,36)25(37,38)26(39,40)27(41,42)43/h8,13-14,16-17H,2-7,9-12H2,1H3. The molecule has 260 valence electrons. The van der Waals surface area contributed by atoms with Gasteiger partial charge >= 0.3 is 47.7 Å². The van der Waals surface area contributed by atoms with Crippen LogP contribution in [0.3, 0.4) is 0 Å². The second kappa shape index (κ2) is 13.4. The number of rotatable bonds is 14. The second-order valence-electron chi connectivity index (χ2n) is 10.9. The molecule has 0 aliphatic heterocycles. The summed E-state index contributed by atoms with van der Waals surface area (Å²) in [6.45, 7) is 2.02. The van der Waals surface area contributed by atoms with Gasteiger partial charge < -0.3 is 4.74 Å². The zero-order valence-corrected chi connectivity index (χ0v) is 23.3. The van der Waals surface area contributed by atoms with Crippen LogP contribution in [0.1, 0.15) is 70.3 Å². The van der Waals surface area contributed by atoms with Crippen molar-refractivity contribution in [3.05, 3.63) is 29.6 Å². The van der Waals surface area contributed by atoms with Crippen LogP contribution < -0.4 is 4.74 Å². The van der Waals surface area contributed by atoms with Crippen molar-refractivity contribution in [2.75, 3.05) is 0 Å². The molecular weight excluding hydrogens is 660 g/mol. The highest BCUT2D eigenvalue weighted by molar-refractivity contribution is 5.75. The van der Waals surface area contributed by atoms with Crippen molar-refractivity contribution in [2.24, 2.45) is 11.8 Å². The molecule has 0 saturated heterocycles. The SMILES string of the molecule is CCCCCCCc1ccc(OC(=O)C2CCC(C(F)(F)C(F)(F)C(F)(F)C(F)(F)C(F)(F)C(F)(F)C(F)(F)F)CC2)c(F)c1. The maximum absolute atomic E-state index is 14.6. The third kappa shape index (κ3) is 7.13. The fourth-order valence-corrected chi connectivity index (χ4v) is 4.83. The van der Waals surface area contributed by atoms with Crippen molar-refractivity contribution in [3.8, 4) is 5.75 Å². The molecular formula is C27H28F16O2. The van der Waals surface area contributed by atoms with Gasteiger partial charge in [-0.15, -0.1) is 0 Å². The van der Waals surface area contributed by atoms with Gasteiger partial charge in [0.2, 0.25) is 0 Å². The van der Waals surface area contributed by atoms with Crippen molar-refractivity contribution in [3.63, 3.8) is 0 Å². The monoisotopic (exact) mass is 688 g/mol. The average Bonchev–Trinajstić information content (AvgIpc) is 2.93. The van der Waals surface area contributed by atoms with E-state index in [-0.39, 0.29) is 0 Å². The van der Waals surface area contributed by atoms with Gasteiger partial charge in [-0.1, -0.05) is 38.7 Å². The number of alkyl halides is 15. The number of carbonyl (C=O) groups excluding carboxylic acids is 1. The normalized spacial score (nSPS) is 19.5. The zero-order valence-electron chi connectivity index (χ0n) is 23.3. The highest BCUT2D eigenvalue weighted by atomic mass is 19.4. The van der Waals surface area contributed by atoms with Crippen LogP contribution in [0, 0.1) is 17.7 Å². The smallest absolute Gasteiger partial charge is 0.423 e. The first-order valence-corrected chi connectivity index (χ1v) is 13.6. The molecule has 2 rings (SSSR count). The number of aryl methyl sites for hydroxylation is 1. The first kappa shape index (κ1) is 38.8. The fourth-order valence-electron chi connectivity index (χ4n) is 4.83. The summed E-state index contributed by atoms with van der Waals surface area (Å²) in [6.07, 6.45) is -6.90. The summed E-state index contributed by atoms with van der Waals surface area (Å²) in [5, 5.41) is 0. The molecule has 0 atom stereocenters. The lowest BCUT2D eigenvalue weighted by molar-refractivity contribution is -0.455. The molecule has 1 saturated carbocycles. The Hall–Kier alpha value is -2.43. The van der Waals surface area contributed by atoms with Gasteiger partial charge in [-0.3, -0.25) is 4.79 Å². The van der Waals surface area contributed by atoms with Crippen LogP contribution in [0.15, 0.2) is 18.2 Å². The van der Waals surface area contributed by atoms with E-state index >= 15 is 0 Å². The lowest BCUT2D eigenvalue weighted by Crippen LogP contribution is -2.73. The molecule has 2 nitrogen and oxygen atoms in total. The molecule has 0 amide bonds. The van der Waals surface area contributed by atoms with E-state index < -0.39 is 96.8 Å². The highest BCUT2D eigenvalue weighted by Gasteiger charge is 2.93. The average molecular weight is 688 g/mol. The van der Waals surface area contributed by atoms with E-state index in [0.717, 1.165) is 44.2 Å². The van der Waals surface area contributed by atoms with Crippen molar-refractivity contribution in [1.29, 1.82) is 0 Å². The third-order valence-corrected chi connectivity index (χ3v) is 7.70. The van der Waals surface area contributed by atoms with Gasteiger partial charge in [0.05, 0.1) is 5.92 Å². The number of hydrogen-bond donors (Lipinski definition) is 0. The van der Waals surface area contributed by atoms with Gasteiger partial charge in [0.1, 0.15) is 0 Å². The molecule has 1 aromatic carbocycles.